The molecule has 112 valence electrons. The van der Waals surface area contributed by atoms with E-state index in [2.05, 4.69) is 24.2 Å². The molecule has 0 aromatic heterocycles. The summed E-state index contributed by atoms with van der Waals surface area (Å²) < 4.78 is 38.2. The van der Waals surface area contributed by atoms with E-state index in [4.69, 9.17) is 0 Å². The lowest BCUT2D eigenvalue weighted by molar-refractivity contribution is -0.183. The molecule has 0 bridgehead atoms. The van der Waals surface area contributed by atoms with Crippen molar-refractivity contribution in [3.05, 3.63) is 0 Å². The predicted molar refractivity (Wildman–Crippen MR) is 70.1 cm³/mol. The lowest BCUT2D eigenvalue weighted by Gasteiger charge is -2.33. The van der Waals surface area contributed by atoms with Gasteiger partial charge in [0.15, 0.2) is 0 Å². The van der Waals surface area contributed by atoms with Gasteiger partial charge in [-0.15, -0.1) is 0 Å². The Labute approximate surface area is 113 Å². The lowest BCUT2D eigenvalue weighted by atomic mass is 9.85. The normalized spacial score (nSPS) is 30.6. The van der Waals surface area contributed by atoms with Crippen LogP contribution < -0.4 is 5.32 Å². The van der Waals surface area contributed by atoms with E-state index < -0.39 is 12.1 Å². The molecular weight excluding hydrogens is 253 g/mol. The van der Waals surface area contributed by atoms with Gasteiger partial charge in [0.05, 0.1) is 5.92 Å². The molecule has 2 fully saturated rings. The maximum absolute atomic E-state index is 12.7. The molecule has 0 aromatic rings. The molecule has 3 unspecified atom stereocenters. The summed E-state index contributed by atoms with van der Waals surface area (Å²) in [5, 5.41) is 3.35. The van der Waals surface area contributed by atoms with Crippen molar-refractivity contribution in [1.82, 2.24) is 10.2 Å². The van der Waals surface area contributed by atoms with Crippen LogP contribution in [0.25, 0.3) is 0 Å². The van der Waals surface area contributed by atoms with Crippen molar-refractivity contribution < 1.29 is 13.2 Å². The highest BCUT2D eigenvalue weighted by Gasteiger charge is 2.42. The lowest BCUT2D eigenvalue weighted by Crippen LogP contribution is -2.45. The summed E-state index contributed by atoms with van der Waals surface area (Å²) >= 11 is 0. The fourth-order valence-corrected chi connectivity index (χ4v) is 3.00. The van der Waals surface area contributed by atoms with Crippen LogP contribution in [-0.2, 0) is 0 Å². The van der Waals surface area contributed by atoms with Crippen LogP contribution in [0.3, 0.4) is 0 Å². The van der Waals surface area contributed by atoms with Crippen LogP contribution in [0.1, 0.15) is 45.4 Å². The Hall–Kier alpha value is -0.290. The topological polar surface area (TPSA) is 15.3 Å². The minimum absolute atomic E-state index is 0.0374. The van der Waals surface area contributed by atoms with E-state index in [0.29, 0.717) is 24.9 Å². The summed E-state index contributed by atoms with van der Waals surface area (Å²) in [6, 6.07) is 1.14. The number of nitrogens with one attached hydrogen (secondary N) is 1. The van der Waals surface area contributed by atoms with Gasteiger partial charge in [-0.3, -0.25) is 4.90 Å². The maximum Gasteiger partial charge on any atom is 0.391 e. The van der Waals surface area contributed by atoms with Crippen molar-refractivity contribution in [2.45, 2.75) is 69.8 Å². The molecule has 0 aliphatic heterocycles. The fraction of sp³-hybridized carbons (Fsp3) is 1.00. The summed E-state index contributed by atoms with van der Waals surface area (Å²) in [7, 11) is 2.11. The van der Waals surface area contributed by atoms with E-state index in [1.807, 2.05) is 0 Å². The van der Waals surface area contributed by atoms with Crippen molar-refractivity contribution in [3.8, 4) is 0 Å². The summed E-state index contributed by atoms with van der Waals surface area (Å²) in [4.78, 5) is 2.34. The molecule has 2 saturated carbocycles. The molecule has 0 radical (unpaired) electrons. The van der Waals surface area contributed by atoms with E-state index in [-0.39, 0.29) is 12.5 Å². The first-order valence-corrected chi connectivity index (χ1v) is 7.40. The molecule has 2 aliphatic carbocycles. The first-order valence-electron chi connectivity index (χ1n) is 7.40. The number of hydrogen-bond donors (Lipinski definition) is 1. The number of halogens is 3. The fourth-order valence-electron chi connectivity index (χ4n) is 3.00. The second kappa shape index (κ2) is 6.00. The highest BCUT2D eigenvalue weighted by Crippen LogP contribution is 2.37. The van der Waals surface area contributed by atoms with Gasteiger partial charge >= 0.3 is 6.18 Å². The molecule has 5 heteroatoms. The maximum atomic E-state index is 12.7. The Balaban J connectivity index is 1.73. The third-order valence-corrected chi connectivity index (χ3v) is 4.66. The first kappa shape index (κ1) is 15.1. The third-order valence-electron chi connectivity index (χ3n) is 4.66. The van der Waals surface area contributed by atoms with Gasteiger partial charge in [0.2, 0.25) is 0 Å². The van der Waals surface area contributed by atoms with E-state index in [1.165, 1.54) is 12.8 Å². The van der Waals surface area contributed by atoms with Crippen LogP contribution in [0.5, 0.6) is 0 Å². The molecule has 1 N–H and O–H groups in total. The Morgan fingerprint density at radius 2 is 1.89 bits per heavy atom. The Morgan fingerprint density at radius 3 is 2.47 bits per heavy atom. The molecule has 2 aliphatic rings. The average molecular weight is 278 g/mol. The van der Waals surface area contributed by atoms with Gasteiger partial charge in [-0.2, -0.15) is 13.2 Å². The SMILES string of the molecule is CC(CNC1CCCC(C(F)(F)F)C1)N(C)C1CC1. The van der Waals surface area contributed by atoms with Crippen LogP contribution >= 0.6 is 0 Å². The average Bonchev–Trinajstić information content (AvgIpc) is 3.18. The Kier molecular flexibility index (Phi) is 4.77. The zero-order chi connectivity index (χ0) is 14.0. The summed E-state index contributed by atoms with van der Waals surface area (Å²) in [5.74, 6) is -1.10. The van der Waals surface area contributed by atoms with Gasteiger partial charge in [-0.05, 0) is 46.1 Å². The van der Waals surface area contributed by atoms with Crippen molar-refractivity contribution in [2.24, 2.45) is 5.92 Å². The van der Waals surface area contributed by atoms with Crippen molar-refractivity contribution in [2.75, 3.05) is 13.6 Å². The zero-order valence-electron chi connectivity index (χ0n) is 11.8. The van der Waals surface area contributed by atoms with Gasteiger partial charge < -0.3 is 5.32 Å². The van der Waals surface area contributed by atoms with Crippen LogP contribution in [0.4, 0.5) is 13.2 Å². The monoisotopic (exact) mass is 278 g/mol. The highest BCUT2D eigenvalue weighted by molar-refractivity contribution is 4.87. The quantitative estimate of drug-likeness (QED) is 0.831. The molecule has 2 rings (SSSR count). The molecular formula is C14H25F3N2. The predicted octanol–water partition coefficient (Wildman–Crippen LogP) is 3.18. The minimum atomic E-state index is -4.02. The van der Waals surface area contributed by atoms with Crippen LogP contribution in [0, 0.1) is 5.92 Å². The van der Waals surface area contributed by atoms with Gasteiger partial charge in [0.25, 0.3) is 0 Å². The summed E-state index contributed by atoms with van der Waals surface area (Å²) in [5.41, 5.74) is 0. The Morgan fingerprint density at radius 1 is 1.21 bits per heavy atom. The summed E-state index contributed by atoms with van der Waals surface area (Å²) in [6.45, 7) is 2.94. The largest absolute Gasteiger partial charge is 0.391 e. The van der Waals surface area contributed by atoms with Crippen molar-refractivity contribution >= 4 is 0 Å². The standard InChI is InChI=1S/C14H25F3N2/c1-10(19(2)13-6-7-13)9-18-12-5-3-4-11(8-12)14(15,16)17/h10-13,18H,3-9H2,1-2H3. The third kappa shape index (κ3) is 4.35. The second-order valence-electron chi connectivity index (χ2n) is 6.26. The van der Waals surface area contributed by atoms with Crippen molar-refractivity contribution in [3.63, 3.8) is 0 Å². The number of hydrogen-bond acceptors (Lipinski definition) is 2. The molecule has 0 saturated heterocycles. The number of alkyl halides is 3. The second-order valence-corrected chi connectivity index (χ2v) is 6.26. The Bertz CT molecular complexity index is 289. The number of rotatable bonds is 5. The molecule has 19 heavy (non-hydrogen) atoms. The van der Waals surface area contributed by atoms with Gasteiger partial charge in [0, 0.05) is 24.7 Å². The molecule has 2 nitrogen and oxygen atoms in total. The minimum Gasteiger partial charge on any atom is -0.312 e. The molecule has 0 aromatic carbocycles. The van der Waals surface area contributed by atoms with Gasteiger partial charge in [-0.25, -0.2) is 0 Å². The zero-order valence-corrected chi connectivity index (χ0v) is 11.8. The van der Waals surface area contributed by atoms with E-state index in [9.17, 15) is 13.2 Å². The molecule has 0 spiro atoms. The van der Waals surface area contributed by atoms with Crippen molar-refractivity contribution in [1.29, 1.82) is 0 Å². The summed E-state index contributed by atoms with van der Waals surface area (Å²) in [6.07, 6.45) is 0.640. The highest BCUT2D eigenvalue weighted by atomic mass is 19.4. The van der Waals surface area contributed by atoms with Crippen LogP contribution in [-0.4, -0.2) is 42.8 Å². The molecule has 0 heterocycles. The van der Waals surface area contributed by atoms with Crippen LogP contribution in [0.15, 0.2) is 0 Å². The van der Waals surface area contributed by atoms with Crippen LogP contribution in [0.2, 0.25) is 0 Å². The smallest absolute Gasteiger partial charge is 0.312 e. The number of nitrogens with zero attached hydrogens (tertiary/aromatic N) is 1. The molecule has 3 atom stereocenters. The van der Waals surface area contributed by atoms with Gasteiger partial charge in [0.1, 0.15) is 0 Å². The van der Waals surface area contributed by atoms with E-state index >= 15 is 0 Å². The molecule has 0 amide bonds. The first-order chi connectivity index (χ1) is 8.88. The van der Waals surface area contributed by atoms with E-state index in [0.717, 1.165) is 13.0 Å². The van der Waals surface area contributed by atoms with Gasteiger partial charge in [-0.1, -0.05) is 6.42 Å². The number of likely N-dealkylation sites (N-methyl/N-ethyl adjacent to an activating group) is 1. The van der Waals surface area contributed by atoms with E-state index in [1.54, 1.807) is 0 Å².